The van der Waals surface area contributed by atoms with Crippen LogP contribution in [-0.2, 0) is 11.2 Å². The summed E-state index contributed by atoms with van der Waals surface area (Å²) in [6.07, 6.45) is 6.22. The van der Waals surface area contributed by atoms with E-state index in [2.05, 4.69) is 5.32 Å². The minimum atomic E-state index is -0.144. The van der Waals surface area contributed by atoms with Gasteiger partial charge in [-0.05, 0) is 43.7 Å². The van der Waals surface area contributed by atoms with Crippen LogP contribution in [-0.4, -0.2) is 24.2 Å². The molecule has 2 bridgehead atoms. The standard InChI is InChI=1S/C16H19NO3.ClH/c18-16-6-2-10-1-5-13(9-15(10)20-16)19-14-7-11-3-4-12(8-14)17-11;/h1,5,9,11-12,14,17H,2-4,6-8H2;1H. The number of piperidine rings is 1. The fraction of sp³-hybridized carbons (Fsp3) is 0.562. The molecule has 3 aliphatic rings. The molecule has 0 aromatic heterocycles. The van der Waals surface area contributed by atoms with Crippen molar-refractivity contribution in [1.29, 1.82) is 0 Å². The predicted octanol–water partition coefficient (Wildman–Crippen LogP) is 2.62. The highest BCUT2D eigenvalue weighted by molar-refractivity contribution is 5.85. The van der Waals surface area contributed by atoms with E-state index in [0.717, 1.165) is 30.6 Å². The number of halogens is 1. The first-order chi connectivity index (χ1) is 9.76. The second-order valence-corrected chi connectivity index (χ2v) is 6.09. The SMILES string of the molecule is Cl.O=C1CCc2ccc(OC3CC4CCC(C3)N4)cc2O1. The van der Waals surface area contributed by atoms with Gasteiger partial charge in [-0.1, -0.05) is 6.07 Å². The summed E-state index contributed by atoms with van der Waals surface area (Å²) in [5.41, 5.74) is 1.10. The third-order valence-electron chi connectivity index (χ3n) is 4.59. The molecule has 0 aliphatic carbocycles. The van der Waals surface area contributed by atoms with E-state index in [1.807, 2.05) is 18.2 Å². The zero-order valence-electron chi connectivity index (χ0n) is 11.8. The number of hydrogen-bond acceptors (Lipinski definition) is 4. The molecule has 2 atom stereocenters. The fourth-order valence-electron chi connectivity index (χ4n) is 3.61. The average molecular weight is 310 g/mol. The average Bonchev–Trinajstić information content (AvgIpc) is 2.77. The van der Waals surface area contributed by atoms with E-state index in [4.69, 9.17) is 9.47 Å². The van der Waals surface area contributed by atoms with Crippen LogP contribution in [0.1, 0.15) is 37.7 Å². The molecular formula is C16H20ClNO3. The van der Waals surface area contributed by atoms with Crippen molar-refractivity contribution in [1.82, 2.24) is 5.32 Å². The third-order valence-corrected chi connectivity index (χ3v) is 4.59. The van der Waals surface area contributed by atoms with Crippen LogP contribution >= 0.6 is 12.4 Å². The van der Waals surface area contributed by atoms with Gasteiger partial charge in [0.15, 0.2) is 0 Å². The molecule has 2 unspecified atom stereocenters. The molecule has 114 valence electrons. The number of fused-ring (bicyclic) bond motifs is 3. The van der Waals surface area contributed by atoms with E-state index in [1.165, 1.54) is 12.8 Å². The van der Waals surface area contributed by atoms with Crippen LogP contribution in [0.4, 0.5) is 0 Å². The summed E-state index contributed by atoms with van der Waals surface area (Å²) in [4.78, 5) is 11.4. The highest BCUT2D eigenvalue weighted by Gasteiger charge is 2.34. The van der Waals surface area contributed by atoms with Crippen molar-refractivity contribution in [2.24, 2.45) is 0 Å². The van der Waals surface area contributed by atoms with Crippen LogP contribution in [0.5, 0.6) is 11.5 Å². The summed E-state index contributed by atoms with van der Waals surface area (Å²) in [5.74, 6) is 1.36. The number of aryl methyl sites for hydroxylation is 1. The molecule has 0 radical (unpaired) electrons. The van der Waals surface area contributed by atoms with E-state index in [1.54, 1.807) is 0 Å². The Hall–Kier alpha value is -1.26. The Morgan fingerprint density at radius 3 is 2.67 bits per heavy atom. The van der Waals surface area contributed by atoms with Crippen LogP contribution in [0.25, 0.3) is 0 Å². The van der Waals surface area contributed by atoms with Crippen molar-refractivity contribution in [3.63, 3.8) is 0 Å². The Morgan fingerprint density at radius 2 is 1.90 bits per heavy atom. The molecule has 0 spiro atoms. The lowest BCUT2D eigenvalue weighted by Gasteiger charge is -2.29. The summed E-state index contributed by atoms with van der Waals surface area (Å²) < 4.78 is 11.4. The van der Waals surface area contributed by atoms with Crippen molar-refractivity contribution in [2.75, 3.05) is 0 Å². The van der Waals surface area contributed by atoms with Gasteiger partial charge < -0.3 is 14.8 Å². The number of carbonyl (C=O) groups excluding carboxylic acids is 1. The van der Waals surface area contributed by atoms with Crippen molar-refractivity contribution in [3.05, 3.63) is 23.8 Å². The first-order valence-electron chi connectivity index (χ1n) is 7.52. The molecule has 0 saturated carbocycles. The van der Waals surface area contributed by atoms with Crippen LogP contribution in [0, 0.1) is 0 Å². The Morgan fingerprint density at radius 1 is 1.14 bits per heavy atom. The lowest BCUT2D eigenvalue weighted by Crippen LogP contribution is -2.42. The van der Waals surface area contributed by atoms with Gasteiger partial charge in [-0.15, -0.1) is 12.4 Å². The summed E-state index contributed by atoms with van der Waals surface area (Å²) in [6, 6.07) is 7.13. The van der Waals surface area contributed by atoms with Gasteiger partial charge in [0, 0.05) is 18.2 Å². The maximum atomic E-state index is 11.4. The summed E-state index contributed by atoms with van der Waals surface area (Å²) >= 11 is 0. The first-order valence-corrected chi connectivity index (χ1v) is 7.52. The highest BCUT2D eigenvalue weighted by atomic mass is 35.5. The number of ether oxygens (including phenoxy) is 2. The van der Waals surface area contributed by atoms with Gasteiger partial charge in [-0.25, -0.2) is 0 Å². The molecule has 2 saturated heterocycles. The number of hydrogen-bond donors (Lipinski definition) is 1. The molecule has 3 heterocycles. The molecular weight excluding hydrogens is 290 g/mol. The van der Waals surface area contributed by atoms with Gasteiger partial charge in [0.2, 0.25) is 0 Å². The van der Waals surface area contributed by atoms with E-state index >= 15 is 0 Å². The lowest BCUT2D eigenvalue weighted by molar-refractivity contribution is -0.135. The van der Waals surface area contributed by atoms with Crippen LogP contribution in [0.15, 0.2) is 18.2 Å². The number of nitrogens with one attached hydrogen (secondary N) is 1. The minimum absolute atomic E-state index is 0. The first kappa shape index (κ1) is 14.7. The third kappa shape index (κ3) is 3.01. The Kier molecular flexibility index (Phi) is 4.09. The van der Waals surface area contributed by atoms with Gasteiger partial charge >= 0.3 is 5.97 Å². The molecule has 5 heteroatoms. The van der Waals surface area contributed by atoms with Crippen LogP contribution in [0.2, 0.25) is 0 Å². The largest absolute Gasteiger partial charge is 0.490 e. The van der Waals surface area contributed by atoms with Crippen LogP contribution < -0.4 is 14.8 Å². The zero-order valence-corrected chi connectivity index (χ0v) is 12.7. The van der Waals surface area contributed by atoms with Gasteiger partial charge in [0.05, 0.1) is 6.42 Å². The van der Waals surface area contributed by atoms with E-state index in [-0.39, 0.29) is 24.5 Å². The van der Waals surface area contributed by atoms with E-state index in [0.29, 0.717) is 24.3 Å². The molecule has 1 N–H and O–H groups in total. The number of rotatable bonds is 2. The maximum Gasteiger partial charge on any atom is 0.311 e. The van der Waals surface area contributed by atoms with Gasteiger partial charge in [-0.3, -0.25) is 4.79 Å². The molecule has 1 aromatic rings. The van der Waals surface area contributed by atoms with Crippen LogP contribution in [0.3, 0.4) is 0 Å². The fourth-order valence-corrected chi connectivity index (χ4v) is 3.61. The summed E-state index contributed by atoms with van der Waals surface area (Å²) in [6.45, 7) is 0. The molecule has 3 aliphatic heterocycles. The predicted molar refractivity (Wildman–Crippen MR) is 81.2 cm³/mol. The normalized spacial score (nSPS) is 30.1. The Labute approximate surface area is 130 Å². The lowest BCUT2D eigenvalue weighted by atomic mass is 10.0. The van der Waals surface area contributed by atoms with Crippen molar-refractivity contribution < 1.29 is 14.3 Å². The highest BCUT2D eigenvalue weighted by Crippen LogP contribution is 2.33. The maximum absolute atomic E-state index is 11.4. The monoisotopic (exact) mass is 309 g/mol. The molecule has 4 rings (SSSR count). The molecule has 2 fully saturated rings. The van der Waals surface area contributed by atoms with Gasteiger partial charge in [-0.2, -0.15) is 0 Å². The minimum Gasteiger partial charge on any atom is -0.490 e. The Bertz CT molecular complexity index is 536. The van der Waals surface area contributed by atoms with Crippen molar-refractivity contribution in [3.8, 4) is 11.5 Å². The van der Waals surface area contributed by atoms with E-state index in [9.17, 15) is 4.79 Å². The number of benzene rings is 1. The molecule has 0 amide bonds. The second-order valence-electron chi connectivity index (χ2n) is 6.09. The van der Waals surface area contributed by atoms with Crippen molar-refractivity contribution in [2.45, 2.75) is 56.7 Å². The topological polar surface area (TPSA) is 47.6 Å². The summed E-state index contributed by atoms with van der Waals surface area (Å²) in [5, 5.41) is 3.61. The number of carbonyl (C=O) groups is 1. The van der Waals surface area contributed by atoms with Gasteiger partial charge in [0.1, 0.15) is 17.6 Å². The smallest absolute Gasteiger partial charge is 0.311 e. The second kappa shape index (κ2) is 5.85. The molecule has 21 heavy (non-hydrogen) atoms. The zero-order chi connectivity index (χ0) is 13.5. The Balaban J connectivity index is 0.00000132. The van der Waals surface area contributed by atoms with E-state index < -0.39 is 0 Å². The van der Waals surface area contributed by atoms with Crippen molar-refractivity contribution >= 4 is 18.4 Å². The quantitative estimate of drug-likeness (QED) is 0.674. The molecule has 1 aromatic carbocycles. The summed E-state index contributed by atoms with van der Waals surface area (Å²) in [7, 11) is 0. The van der Waals surface area contributed by atoms with Gasteiger partial charge in [0.25, 0.3) is 0 Å². The number of esters is 1. The molecule has 4 nitrogen and oxygen atoms in total.